The minimum atomic E-state index is -3.13. The number of ether oxygens (including phenoxy) is 1. The number of nitrogens with two attached hydrogens (primary N) is 1. The van der Waals surface area contributed by atoms with Crippen molar-refractivity contribution in [3.63, 3.8) is 0 Å². The first-order chi connectivity index (χ1) is 21.7. The van der Waals surface area contributed by atoms with E-state index in [0.29, 0.717) is 52.7 Å². The summed E-state index contributed by atoms with van der Waals surface area (Å²) in [5, 5.41) is 5.61. The lowest BCUT2D eigenvalue weighted by Gasteiger charge is -2.27. The molecule has 8 rings (SSSR count). The van der Waals surface area contributed by atoms with Crippen LogP contribution in [0.2, 0.25) is 0 Å². The number of carbonyl (C=O) groups excluding carboxylic acids is 1. The van der Waals surface area contributed by atoms with Crippen LogP contribution in [0.4, 0.5) is 17.6 Å². The number of hydrogen-bond acceptors (Lipinski definition) is 5. The van der Waals surface area contributed by atoms with Gasteiger partial charge in [0.25, 0.3) is 5.91 Å². The number of fused-ring (bicyclic) bond motifs is 4. The van der Waals surface area contributed by atoms with Crippen molar-refractivity contribution in [2.24, 2.45) is 17.6 Å². The van der Waals surface area contributed by atoms with E-state index in [9.17, 15) is 18.0 Å². The molecule has 3 atom stereocenters. The summed E-state index contributed by atoms with van der Waals surface area (Å²) in [5.74, 6) is -1.48. The van der Waals surface area contributed by atoms with Gasteiger partial charge >= 0.3 is 6.61 Å². The Morgan fingerprint density at radius 1 is 1.07 bits per heavy atom. The van der Waals surface area contributed by atoms with Crippen molar-refractivity contribution in [1.82, 2.24) is 24.1 Å². The van der Waals surface area contributed by atoms with Gasteiger partial charge in [-0.15, -0.1) is 0 Å². The SMILES string of the molecule is Cc1c(-c2cc3ccc(-c4ccc(OC(F)F)c(F)c4)nc3n2CC2CC2)nn2cc(C(=O)N3CC4CCC3[C@@H]4N)cc(F)c12. The standard InChI is InChI=1S/C33H30F4N6O2/c1-16-29(40-43-15-21(11-23(35)30(16)43)32(44)42-14-20-5-8-25(42)28(20)38)26-12-19-4-7-24(39-31(19)41(26)13-17-2-3-17)18-6-9-27(22(34)10-18)45-33(36)37/h4,6-7,9-12,15,17,20,25,28,33H,2-3,5,8,13-14,38H2,1H3/t20?,25?,28-/m1/s1. The monoisotopic (exact) mass is 618 g/mol. The van der Waals surface area contributed by atoms with Crippen LogP contribution in [-0.2, 0) is 6.54 Å². The zero-order valence-electron chi connectivity index (χ0n) is 24.4. The lowest BCUT2D eigenvalue weighted by atomic mass is 10.1. The number of pyridine rings is 2. The van der Waals surface area contributed by atoms with Crippen molar-refractivity contribution < 1.29 is 27.1 Å². The van der Waals surface area contributed by atoms with Gasteiger partial charge in [0.1, 0.15) is 22.7 Å². The Balaban J connectivity index is 1.19. The molecule has 1 saturated heterocycles. The van der Waals surface area contributed by atoms with Crippen LogP contribution in [-0.4, -0.2) is 55.2 Å². The van der Waals surface area contributed by atoms with Crippen LogP contribution in [0.1, 0.15) is 41.6 Å². The van der Waals surface area contributed by atoms with E-state index in [1.807, 2.05) is 19.1 Å². The van der Waals surface area contributed by atoms with Crippen molar-refractivity contribution in [1.29, 1.82) is 0 Å². The van der Waals surface area contributed by atoms with Gasteiger partial charge < -0.3 is 19.9 Å². The number of piperidine rings is 1. The van der Waals surface area contributed by atoms with E-state index < -0.39 is 24.0 Å². The number of amides is 1. The molecule has 2 saturated carbocycles. The minimum Gasteiger partial charge on any atom is -0.432 e. The van der Waals surface area contributed by atoms with Crippen molar-refractivity contribution in [3.8, 4) is 28.4 Å². The molecule has 8 nitrogen and oxygen atoms in total. The predicted molar refractivity (Wildman–Crippen MR) is 159 cm³/mol. The van der Waals surface area contributed by atoms with E-state index >= 15 is 4.39 Å². The molecule has 232 valence electrons. The Morgan fingerprint density at radius 2 is 1.89 bits per heavy atom. The molecular formula is C33H30F4N6O2. The maximum atomic E-state index is 15.7. The van der Waals surface area contributed by atoms with Crippen LogP contribution < -0.4 is 10.5 Å². The molecule has 4 aromatic heterocycles. The van der Waals surface area contributed by atoms with Crippen LogP contribution in [0.25, 0.3) is 39.2 Å². The van der Waals surface area contributed by atoms with Gasteiger partial charge in [0.05, 0.1) is 17.0 Å². The quantitative estimate of drug-likeness (QED) is 0.220. The van der Waals surface area contributed by atoms with E-state index in [4.69, 9.17) is 15.8 Å². The van der Waals surface area contributed by atoms with Gasteiger partial charge in [0.2, 0.25) is 0 Å². The van der Waals surface area contributed by atoms with Crippen LogP contribution in [0.5, 0.6) is 5.75 Å². The van der Waals surface area contributed by atoms with Gasteiger partial charge in [-0.2, -0.15) is 13.9 Å². The Hall–Kier alpha value is -4.45. The number of halogens is 4. The largest absolute Gasteiger partial charge is 0.432 e. The summed E-state index contributed by atoms with van der Waals surface area (Å²) in [6.45, 7) is -0.0664. The Bertz CT molecular complexity index is 2000. The lowest BCUT2D eigenvalue weighted by molar-refractivity contribution is -0.0521. The second-order valence-corrected chi connectivity index (χ2v) is 12.5. The normalized spacial score (nSPS) is 21.1. The Morgan fingerprint density at radius 3 is 2.58 bits per heavy atom. The Kier molecular flexibility index (Phi) is 6.42. The van der Waals surface area contributed by atoms with E-state index in [1.165, 1.54) is 16.6 Å². The fourth-order valence-electron chi connectivity index (χ4n) is 7.16. The molecular weight excluding hydrogens is 588 g/mol. The molecule has 3 aliphatic rings. The summed E-state index contributed by atoms with van der Waals surface area (Å²) >= 11 is 0. The van der Waals surface area contributed by atoms with E-state index in [2.05, 4.69) is 9.30 Å². The topological polar surface area (TPSA) is 90.7 Å². The summed E-state index contributed by atoms with van der Waals surface area (Å²) in [6.07, 6.45) is 5.61. The number of alkyl halides is 2. The molecule has 0 spiro atoms. The lowest BCUT2D eigenvalue weighted by Crippen LogP contribution is -2.41. The summed E-state index contributed by atoms with van der Waals surface area (Å²) < 4.78 is 63.2. The van der Waals surface area contributed by atoms with Crippen LogP contribution in [0, 0.1) is 30.4 Å². The molecule has 2 unspecified atom stereocenters. The van der Waals surface area contributed by atoms with Crippen molar-refractivity contribution >= 4 is 22.5 Å². The van der Waals surface area contributed by atoms with Crippen molar-refractivity contribution in [3.05, 3.63) is 71.4 Å². The van der Waals surface area contributed by atoms with Crippen molar-refractivity contribution in [2.45, 2.75) is 57.8 Å². The van der Waals surface area contributed by atoms with E-state index in [1.54, 1.807) is 17.2 Å². The second-order valence-electron chi connectivity index (χ2n) is 12.5. The molecule has 2 bridgehead atoms. The van der Waals surface area contributed by atoms with E-state index in [0.717, 1.165) is 48.9 Å². The highest BCUT2D eigenvalue weighted by Gasteiger charge is 2.47. The summed E-state index contributed by atoms with van der Waals surface area (Å²) in [7, 11) is 0. The number of hydrogen-bond donors (Lipinski definition) is 1. The average molecular weight is 619 g/mol. The summed E-state index contributed by atoms with van der Waals surface area (Å²) in [5.41, 5.74) is 10.3. The minimum absolute atomic E-state index is 0.0212. The number of rotatable bonds is 7. The molecule has 2 aliphatic carbocycles. The summed E-state index contributed by atoms with van der Waals surface area (Å²) in [4.78, 5) is 20.1. The molecule has 12 heteroatoms. The smallest absolute Gasteiger partial charge is 0.387 e. The molecule has 1 amide bonds. The highest BCUT2D eigenvalue weighted by atomic mass is 19.3. The fraction of sp³-hybridized carbons (Fsp3) is 0.364. The van der Waals surface area contributed by atoms with Crippen LogP contribution >= 0.6 is 0 Å². The van der Waals surface area contributed by atoms with Gasteiger partial charge in [-0.05, 0) is 86.9 Å². The van der Waals surface area contributed by atoms with Gasteiger partial charge in [-0.3, -0.25) is 4.79 Å². The van der Waals surface area contributed by atoms with Crippen LogP contribution in [0.3, 0.4) is 0 Å². The zero-order chi connectivity index (χ0) is 31.1. The number of nitrogens with zero attached hydrogens (tertiary/aromatic N) is 5. The molecule has 1 aliphatic heterocycles. The molecule has 3 fully saturated rings. The number of benzene rings is 1. The maximum absolute atomic E-state index is 15.7. The second kappa shape index (κ2) is 10.3. The number of aryl methyl sites for hydroxylation is 1. The highest BCUT2D eigenvalue weighted by Crippen LogP contribution is 2.39. The van der Waals surface area contributed by atoms with Crippen molar-refractivity contribution in [2.75, 3.05) is 6.54 Å². The van der Waals surface area contributed by atoms with Gasteiger partial charge in [-0.25, -0.2) is 18.3 Å². The third kappa shape index (κ3) is 4.65. The first-order valence-electron chi connectivity index (χ1n) is 15.2. The fourth-order valence-corrected chi connectivity index (χ4v) is 7.16. The van der Waals surface area contributed by atoms with Gasteiger partial charge in [0.15, 0.2) is 11.6 Å². The molecule has 2 N–H and O–H groups in total. The third-order valence-electron chi connectivity index (χ3n) is 9.65. The first-order valence-corrected chi connectivity index (χ1v) is 15.2. The number of aromatic nitrogens is 4. The molecule has 1 aromatic carbocycles. The number of carbonyl (C=O) groups is 1. The predicted octanol–water partition coefficient (Wildman–Crippen LogP) is 6.18. The molecule has 0 radical (unpaired) electrons. The summed E-state index contributed by atoms with van der Waals surface area (Å²) in [6, 6.07) is 10.5. The first kappa shape index (κ1) is 28.1. The van der Waals surface area contributed by atoms with Gasteiger partial charge in [-0.1, -0.05) is 0 Å². The highest BCUT2D eigenvalue weighted by molar-refractivity contribution is 5.95. The van der Waals surface area contributed by atoms with Gasteiger partial charge in [0, 0.05) is 47.9 Å². The van der Waals surface area contributed by atoms with E-state index in [-0.39, 0.29) is 29.5 Å². The third-order valence-corrected chi connectivity index (χ3v) is 9.65. The zero-order valence-corrected chi connectivity index (χ0v) is 24.4. The maximum Gasteiger partial charge on any atom is 0.387 e. The average Bonchev–Trinajstić information content (AvgIpc) is 3.41. The van der Waals surface area contributed by atoms with Crippen LogP contribution in [0.15, 0.2) is 48.7 Å². The molecule has 5 heterocycles. The number of likely N-dealkylation sites (tertiary alicyclic amines) is 1. The Labute approximate surface area is 255 Å². The molecule has 5 aromatic rings. The molecule has 45 heavy (non-hydrogen) atoms.